The highest BCUT2D eigenvalue weighted by atomic mass is 79.9. The Morgan fingerprint density at radius 3 is 2.95 bits per heavy atom. The maximum absolute atomic E-state index is 5.71. The number of rotatable bonds is 6. The Hall–Kier alpha value is -1.02. The molecular formula is C13H17BrN4OS. The molecular weight excluding hydrogens is 340 g/mol. The van der Waals surface area contributed by atoms with Gasteiger partial charge in [0.25, 0.3) is 0 Å². The summed E-state index contributed by atoms with van der Waals surface area (Å²) in [5.41, 5.74) is 4.93. The second-order valence-corrected chi connectivity index (χ2v) is 6.02. The lowest BCUT2D eigenvalue weighted by Gasteiger charge is -2.17. The number of nitrogens with zero attached hydrogens (tertiary/aromatic N) is 2. The summed E-state index contributed by atoms with van der Waals surface area (Å²) in [6.07, 6.45) is 1.57. The lowest BCUT2D eigenvalue weighted by Crippen LogP contribution is -2.29. The third-order valence-corrected chi connectivity index (χ3v) is 4.48. The molecule has 0 fully saturated rings. The minimum absolute atomic E-state index is 0.0202. The molecule has 108 valence electrons. The van der Waals surface area contributed by atoms with E-state index in [1.807, 2.05) is 18.2 Å². The summed E-state index contributed by atoms with van der Waals surface area (Å²) in [5, 5.41) is 4.14. The Bertz CT molecular complexity index is 575. The average molecular weight is 357 g/mol. The summed E-state index contributed by atoms with van der Waals surface area (Å²) in [6.45, 7) is 2.06. The van der Waals surface area contributed by atoms with Crippen LogP contribution in [0.1, 0.15) is 29.1 Å². The highest BCUT2D eigenvalue weighted by Gasteiger charge is 2.19. The predicted molar refractivity (Wildman–Crippen MR) is 83.7 cm³/mol. The van der Waals surface area contributed by atoms with Crippen LogP contribution >= 0.6 is 27.5 Å². The molecule has 0 spiro atoms. The van der Waals surface area contributed by atoms with Gasteiger partial charge in [0.2, 0.25) is 0 Å². The van der Waals surface area contributed by atoms with Gasteiger partial charge in [-0.3, -0.25) is 11.3 Å². The summed E-state index contributed by atoms with van der Waals surface area (Å²) in [5.74, 6) is 6.56. The molecule has 0 aliphatic heterocycles. The zero-order chi connectivity index (χ0) is 14.5. The van der Waals surface area contributed by atoms with Gasteiger partial charge in [-0.05, 0) is 48.1 Å². The number of benzene rings is 1. The summed E-state index contributed by atoms with van der Waals surface area (Å²) in [7, 11) is 1.67. The number of nitrogens with two attached hydrogens (primary N) is 1. The van der Waals surface area contributed by atoms with Gasteiger partial charge in [0.05, 0.1) is 23.7 Å². The number of methoxy groups -OCH3 is 1. The molecule has 0 aliphatic carbocycles. The molecule has 2 aromatic rings. The molecule has 0 saturated carbocycles. The highest BCUT2D eigenvalue weighted by molar-refractivity contribution is 9.10. The van der Waals surface area contributed by atoms with Crippen molar-refractivity contribution in [2.75, 3.05) is 7.11 Å². The van der Waals surface area contributed by atoms with Crippen molar-refractivity contribution in [3.8, 4) is 5.75 Å². The minimum Gasteiger partial charge on any atom is -0.496 e. The van der Waals surface area contributed by atoms with Crippen molar-refractivity contribution in [3.63, 3.8) is 0 Å². The van der Waals surface area contributed by atoms with Crippen LogP contribution in [-0.2, 0) is 12.8 Å². The van der Waals surface area contributed by atoms with Gasteiger partial charge < -0.3 is 4.74 Å². The molecule has 1 aromatic carbocycles. The number of halogens is 1. The molecule has 0 bridgehead atoms. The molecule has 1 aromatic heterocycles. The number of aryl methyl sites for hydroxylation is 1. The van der Waals surface area contributed by atoms with E-state index in [0.29, 0.717) is 0 Å². The largest absolute Gasteiger partial charge is 0.496 e. The van der Waals surface area contributed by atoms with Crippen molar-refractivity contribution in [2.24, 2.45) is 5.84 Å². The van der Waals surface area contributed by atoms with Crippen LogP contribution in [0.4, 0.5) is 0 Å². The molecule has 0 saturated heterocycles. The van der Waals surface area contributed by atoms with E-state index in [4.69, 9.17) is 10.6 Å². The van der Waals surface area contributed by atoms with E-state index in [1.54, 1.807) is 7.11 Å². The van der Waals surface area contributed by atoms with Crippen molar-refractivity contribution in [3.05, 3.63) is 38.8 Å². The molecule has 20 heavy (non-hydrogen) atoms. The van der Waals surface area contributed by atoms with E-state index in [0.717, 1.165) is 39.2 Å². The fourth-order valence-electron chi connectivity index (χ4n) is 2.08. The van der Waals surface area contributed by atoms with Crippen LogP contribution in [0.5, 0.6) is 5.75 Å². The number of ether oxygens (including phenoxy) is 1. The summed E-state index contributed by atoms with van der Waals surface area (Å²) < 4.78 is 10.4. The summed E-state index contributed by atoms with van der Waals surface area (Å²) in [6, 6.07) is 5.93. The van der Waals surface area contributed by atoms with Gasteiger partial charge >= 0.3 is 0 Å². The van der Waals surface area contributed by atoms with Gasteiger partial charge in [-0.2, -0.15) is 0 Å². The zero-order valence-electron chi connectivity index (χ0n) is 11.4. The monoisotopic (exact) mass is 356 g/mol. The van der Waals surface area contributed by atoms with E-state index >= 15 is 0 Å². The first-order valence-electron chi connectivity index (χ1n) is 6.29. The number of aromatic nitrogens is 2. The van der Waals surface area contributed by atoms with Crippen LogP contribution in [0.3, 0.4) is 0 Å². The van der Waals surface area contributed by atoms with E-state index in [2.05, 4.69) is 37.9 Å². The predicted octanol–water partition coefficient (Wildman–Crippen LogP) is 2.62. The molecule has 5 nitrogen and oxygen atoms in total. The average Bonchev–Trinajstić information content (AvgIpc) is 2.93. The third kappa shape index (κ3) is 3.35. The maximum Gasteiger partial charge on any atom is 0.122 e. The molecule has 2 rings (SSSR count). The van der Waals surface area contributed by atoms with E-state index in [-0.39, 0.29) is 6.04 Å². The van der Waals surface area contributed by atoms with E-state index in [1.165, 1.54) is 11.5 Å². The van der Waals surface area contributed by atoms with Crippen molar-refractivity contribution in [2.45, 2.75) is 25.8 Å². The smallest absolute Gasteiger partial charge is 0.122 e. The molecule has 1 unspecified atom stereocenters. The fraction of sp³-hybridized carbons (Fsp3) is 0.385. The Labute approximate surface area is 130 Å². The van der Waals surface area contributed by atoms with Gasteiger partial charge in [-0.15, -0.1) is 5.10 Å². The number of nitrogens with one attached hydrogen (secondary N) is 1. The Kier molecular flexibility index (Phi) is 5.47. The van der Waals surface area contributed by atoms with Crippen LogP contribution in [0.25, 0.3) is 0 Å². The molecule has 0 amide bonds. The molecule has 7 heteroatoms. The van der Waals surface area contributed by atoms with Crippen LogP contribution in [0.15, 0.2) is 22.7 Å². The Morgan fingerprint density at radius 2 is 2.30 bits per heavy atom. The topological polar surface area (TPSA) is 73.1 Å². The van der Waals surface area contributed by atoms with E-state index in [9.17, 15) is 0 Å². The van der Waals surface area contributed by atoms with E-state index < -0.39 is 0 Å². The number of hydrogen-bond acceptors (Lipinski definition) is 6. The Balaban J connectivity index is 2.29. The van der Waals surface area contributed by atoms with Crippen LogP contribution in [-0.4, -0.2) is 16.7 Å². The first-order chi connectivity index (χ1) is 9.69. The summed E-state index contributed by atoms with van der Waals surface area (Å²) in [4.78, 5) is 1.08. The Morgan fingerprint density at radius 1 is 1.50 bits per heavy atom. The fourth-order valence-corrected chi connectivity index (χ4v) is 3.28. The first kappa shape index (κ1) is 15.4. The normalized spacial score (nSPS) is 12.4. The number of hydrogen-bond donors (Lipinski definition) is 2. The SMILES string of the molecule is CCc1nnsc1C(Cc1cc(Br)ccc1OC)NN. The molecule has 1 atom stereocenters. The second-order valence-electron chi connectivity index (χ2n) is 4.32. The van der Waals surface area contributed by atoms with Gasteiger partial charge in [0.15, 0.2) is 0 Å². The molecule has 3 N–H and O–H groups in total. The van der Waals surface area contributed by atoms with Crippen molar-refractivity contribution in [1.82, 2.24) is 15.0 Å². The van der Waals surface area contributed by atoms with Crippen LogP contribution in [0.2, 0.25) is 0 Å². The quantitative estimate of drug-likeness (QED) is 0.614. The minimum atomic E-state index is -0.0202. The van der Waals surface area contributed by atoms with Crippen molar-refractivity contribution < 1.29 is 4.74 Å². The first-order valence-corrected chi connectivity index (χ1v) is 7.85. The van der Waals surface area contributed by atoms with Gasteiger partial charge in [-0.25, -0.2) is 0 Å². The van der Waals surface area contributed by atoms with Crippen molar-refractivity contribution in [1.29, 1.82) is 0 Å². The van der Waals surface area contributed by atoms with Crippen LogP contribution in [0, 0.1) is 0 Å². The molecule has 0 aliphatic rings. The maximum atomic E-state index is 5.71. The zero-order valence-corrected chi connectivity index (χ0v) is 13.8. The lowest BCUT2D eigenvalue weighted by atomic mass is 10.0. The summed E-state index contributed by atoms with van der Waals surface area (Å²) >= 11 is 4.87. The van der Waals surface area contributed by atoms with Crippen molar-refractivity contribution >= 4 is 27.5 Å². The lowest BCUT2D eigenvalue weighted by molar-refractivity contribution is 0.405. The van der Waals surface area contributed by atoms with Crippen LogP contribution < -0.4 is 16.0 Å². The van der Waals surface area contributed by atoms with Gasteiger partial charge in [0, 0.05) is 4.47 Å². The number of hydrazine groups is 1. The van der Waals surface area contributed by atoms with Gasteiger partial charge in [0.1, 0.15) is 5.75 Å². The highest BCUT2D eigenvalue weighted by Crippen LogP contribution is 2.29. The standard InChI is InChI=1S/C13H17BrN4OS/c1-3-10-13(20-18-17-10)11(16-15)7-8-6-9(14)4-5-12(8)19-2/h4-6,11,16H,3,7,15H2,1-2H3. The third-order valence-electron chi connectivity index (χ3n) is 3.10. The second kappa shape index (κ2) is 7.12. The molecule has 1 heterocycles. The molecule has 0 radical (unpaired) electrons. The van der Waals surface area contributed by atoms with Gasteiger partial charge in [-0.1, -0.05) is 27.3 Å².